The number of hydrogen-bond acceptors (Lipinski definition) is 2. The first-order chi connectivity index (χ1) is 29.0. The van der Waals surface area contributed by atoms with Crippen molar-refractivity contribution in [2.75, 3.05) is 4.90 Å². The zero-order chi connectivity index (χ0) is 39.0. The molecule has 276 valence electrons. The molecule has 0 radical (unpaired) electrons. The highest BCUT2D eigenvalue weighted by atomic mass is 16.5. The van der Waals surface area contributed by atoms with E-state index in [1.54, 1.807) is 0 Å². The third kappa shape index (κ3) is 4.43. The molecule has 4 heteroatoms. The predicted octanol–water partition coefficient (Wildman–Crippen LogP) is 12.3. The van der Waals surface area contributed by atoms with Crippen LogP contribution in [0, 0.1) is 0 Å². The summed E-state index contributed by atoms with van der Waals surface area (Å²) in [5, 5.41) is 5.05. The molecule has 0 amide bonds. The van der Waals surface area contributed by atoms with Crippen molar-refractivity contribution in [3.05, 3.63) is 199 Å². The van der Waals surface area contributed by atoms with Crippen LogP contribution in [-0.4, -0.2) is 11.3 Å². The van der Waals surface area contributed by atoms with Gasteiger partial charge in [-0.25, -0.2) is 0 Å². The van der Waals surface area contributed by atoms with Gasteiger partial charge in [-0.15, -0.1) is 0 Å². The van der Waals surface area contributed by atoms with Gasteiger partial charge in [0, 0.05) is 44.2 Å². The number of aromatic nitrogens is 1. The number of hydrogen-bond donors (Lipinski definition) is 0. The van der Waals surface area contributed by atoms with Crippen molar-refractivity contribution >= 4 is 72.7 Å². The molecule has 0 saturated carbocycles. The molecule has 3 nitrogen and oxygen atoms in total. The first kappa shape index (κ1) is 32.8. The quantitative estimate of drug-likeness (QED) is 0.167. The summed E-state index contributed by atoms with van der Waals surface area (Å²) < 4.78 is 9.51. The molecule has 3 heterocycles. The lowest BCUT2D eigenvalue weighted by Gasteiger charge is -2.34. The van der Waals surface area contributed by atoms with Gasteiger partial charge in [-0.3, -0.25) is 0 Å². The van der Waals surface area contributed by atoms with E-state index in [2.05, 4.69) is 211 Å². The van der Waals surface area contributed by atoms with Gasteiger partial charge < -0.3 is 14.2 Å². The van der Waals surface area contributed by atoms with Gasteiger partial charge in [0.15, 0.2) is 0 Å². The highest BCUT2D eigenvalue weighted by Gasteiger charge is 2.44. The lowest BCUT2D eigenvalue weighted by Crippen LogP contribution is -2.58. The molecular weight excluding hydrogens is 715 g/mol. The van der Waals surface area contributed by atoms with E-state index in [0.29, 0.717) is 0 Å². The smallest absolute Gasteiger partial charge is 0.256 e. The summed E-state index contributed by atoms with van der Waals surface area (Å²) in [6.07, 6.45) is 0. The summed E-state index contributed by atoms with van der Waals surface area (Å²) in [5.74, 6) is 1.89. The van der Waals surface area contributed by atoms with Crippen molar-refractivity contribution in [1.82, 2.24) is 4.57 Å². The van der Waals surface area contributed by atoms with Gasteiger partial charge in [0.25, 0.3) is 6.71 Å². The third-order valence-electron chi connectivity index (χ3n) is 13.4. The predicted molar refractivity (Wildman–Crippen MR) is 247 cm³/mol. The van der Waals surface area contributed by atoms with Crippen LogP contribution < -0.4 is 26.0 Å². The molecule has 2 aliphatic heterocycles. The number of anilines is 3. The molecular formula is C55H37BN2O. The maximum Gasteiger partial charge on any atom is 0.256 e. The summed E-state index contributed by atoms with van der Waals surface area (Å²) in [4.78, 5) is 2.44. The molecule has 0 spiro atoms. The minimum atomic E-state index is -0.284. The monoisotopic (exact) mass is 752 g/mol. The van der Waals surface area contributed by atoms with E-state index in [4.69, 9.17) is 4.74 Å². The topological polar surface area (TPSA) is 17.4 Å². The van der Waals surface area contributed by atoms with Crippen molar-refractivity contribution < 1.29 is 4.74 Å². The zero-order valence-corrected chi connectivity index (χ0v) is 32.8. The summed E-state index contributed by atoms with van der Waals surface area (Å²) >= 11 is 0. The first-order valence-corrected chi connectivity index (χ1v) is 20.6. The van der Waals surface area contributed by atoms with Gasteiger partial charge in [0.2, 0.25) is 0 Å². The lowest BCUT2D eigenvalue weighted by atomic mass is 9.34. The summed E-state index contributed by atoms with van der Waals surface area (Å²) in [6, 6.07) is 69.0. The zero-order valence-electron chi connectivity index (χ0n) is 32.8. The first-order valence-electron chi connectivity index (χ1n) is 20.6. The minimum absolute atomic E-state index is 0.0509. The van der Waals surface area contributed by atoms with E-state index in [0.717, 1.165) is 22.9 Å². The van der Waals surface area contributed by atoms with Gasteiger partial charge in [-0.2, -0.15) is 0 Å². The van der Waals surface area contributed by atoms with Crippen LogP contribution in [-0.2, 0) is 5.41 Å². The van der Waals surface area contributed by atoms with Gasteiger partial charge in [0.1, 0.15) is 11.5 Å². The van der Waals surface area contributed by atoms with E-state index in [-0.39, 0.29) is 12.1 Å². The molecule has 0 N–H and O–H groups in total. The van der Waals surface area contributed by atoms with Crippen molar-refractivity contribution in [3.8, 4) is 39.4 Å². The number of benzene rings is 9. The fourth-order valence-corrected chi connectivity index (χ4v) is 10.8. The van der Waals surface area contributed by atoms with E-state index in [1.807, 2.05) is 0 Å². The van der Waals surface area contributed by atoms with Crippen LogP contribution in [0.5, 0.6) is 11.5 Å². The number of rotatable bonds is 4. The SMILES string of the molecule is CC1(C)c2cc3c(cc2-c2c1cc(N(c1ccccc1)c1ccc(-c4ccccc4)cc1)c1ccccc21)Oc1cccc2c1B3c1cccc3c4ccccc4n-2c13. The van der Waals surface area contributed by atoms with E-state index in [1.165, 1.54) is 93.7 Å². The molecule has 0 fully saturated rings. The highest BCUT2D eigenvalue weighted by Crippen LogP contribution is 2.55. The Hall–Kier alpha value is -7.30. The minimum Gasteiger partial charge on any atom is -0.458 e. The van der Waals surface area contributed by atoms with Crippen molar-refractivity contribution in [3.63, 3.8) is 0 Å². The van der Waals surface area contributed by atoms with Gasteiger partial charge in [0.05, 0.1) is 11.2 Å². The molecule has 10 aromatic rings. The highest BCUT2D eigenvalue weighted by molar-refractivity contribution is 6.99. The molecule has 9 aromatic carbocycles. The number of fused-ring (bicyclic) bond motifs is 12. The second kappa shape index (κ2) is 11.9. The Morgan fingerprint density at radius 1 is 0.508 bits per heavy atom. The molecule has 59 heavy (non-hydrogen) atoms. The van der Waals surface area contributed by atoms with Crippen LogP contribution in [0.25, 0.3) is 60.5 Å². The Balaban J connectivity index is 1.02. The maximum atomic E-state index is 7.04. The molecule has 1 aromatic heterocycles. The molecule has 0 saturated heterocycles. The van der Waals surface area contributed by atoms with E-state index in [9.17, 15) is 0 Å². The number of nitrogens with zero attached hydrogens (tertiary/aromatic N) is 2. The molecule has 13 rings (SSSR count). The normalized spacial score (nSPS) is 13.8. The van der Waals surface area contributed by atoms with Crippen LogP contribution in [0.2, 0.25) is 0 Å². The molecule has 0 unspecified atom stereocenters. The summed E-state index contributed by atoms with van der Waals surface area (Å²) in [7, 11) is 0. The lowest BCUT2D eigenvalue weighted by molar-refractivity contribution is 0.487. The van der Waals surface area contributed by atoms with Gasteiger partial charge in [-0.1, -0.05) is 147 Å². The van der Waals surface area contributed by atoms with Gasteiger partial charge in [-0.05, 0) is 110 Å². The van der Waals surface area contributed by atoms with Crippen LogP contribution in [0.15, 0.2) is 188 Å². The molecule has 0 bridgehead atoms. The summed E-state index contributed by atoms with van der Waals surface area (Å²) in [5.41, 5.74) is 18.3. The average molecular weight is 753 g/mol. The average Bonchev–Trinajstić information content (AvgIpc) is 3.74. The maximum absolute atomic E-state index is 7.04. The van der Waals surface area contributed by atoms with Crippen molar-refractivity contribution in [2.45, 2.75) is 19.3 Å². The molecule has 0 atom stereocenters. The Morgan fingerprint density at radius 3 is 1.98 bits per heavy atom. The van der Waals surface area contributed by atoms with Crippen LogP contribution in [0.1, 0.15) is 25.0 Å². The fourth-order valence-electron chi connectivity index (χ4n) is 10.8. The van der Waals surface area contributed by atoms with E-state index >= 15 is 0 Å². The Morgan fingerprint density at radius 2 is 1.17 bits per heavy atom. The van der Waals surface area contributed by atoms with E-state index < -0.39 is 0 Å². The largest absolute Gasteiger partial charge is 0.458 e. The van der Waals surface area contributed by atoms with Crippen molar-refractivity contribution in [1.29, 1.82) is 0 Å². The third-order valence-corrected chi connectivity index (χ3v) is 13.4. The van der Waals surface area contributed by atoms with Crippen LogP contribution >= 0.6 is 0 Å². The second-order valence-corrected chi connectivity index (χ2v) is 16.8. The Kier molecular flexibility index (Phi) is 6.59. The molecule has 1 aliphatic carbocycles. The fraction of sp³-hybridized carbons (Fsp3) is 0.0545. The number of para-hydroxylation sites is 3. The van der Waals surface area contributed by atoms with Crippen molar-refractivity contribution in [2.24, 2.45) is 0 Å². The Labute approximate surface area is 343 Å². The van der Waals surface area contributed by atoms with Gasteiger partial charge >= 0.3 is 0 Å². The molecule has 3 aliphatic rings. The Bertz CT molecular complexity index is 3380. The summed E-state index contributed by atoms with van der Waals surface area (Å²) in [6.45, 7) is 4.87. The van der Waals surface area contributed by atoms with Crippen LogP contribution in [0.4, 0.5) is 17.1 Å². The standard InChI is InChI=1S/C55H37BN2O/c1-55(2)43-32-46-51(59-50-26-14-25-48-53(50)56(46)45-23-13-22-41-39-20-11-12-24-47(39)58(48)54(41)45)31-42(43)52-40-21-10-9-19-38(40)49(33-44(52)55)57(36-17-7-4-8-18-36)37-29-27-35(28-30-37)34-15-5-3-6-16-34/h3-33H,1-2H3. The number of ether oxygens (including phenoxy) is 1. The van der Waals surface area contributed by atoms with Crippen LogP contribution in [0.3, 0.4) is 0 Å². The second-order valence-electron chi connectivity index (χ2n) is 16.8.